The molecule has 2 aromatic carbocycles. The van der Waals surface area contributed by atoms with Crippen molar-refractivity contribution in [2.75, 3.05) is 0 Å². The van der Waals surface area contributed by atoms with Crippen molar-refractivity contribution in [1.82, 2.24) is 0 Å². The predicted molar refractivity (Wildman–Crippen MR) is 58.6 cm³/mol. The fraction of sp³-hybridized carbons (Fsp3) is 0.0909. The third kappa shape index (κ3) is 2.60. The number of benzene rings is 2. The summed E-state index contributed by atoms with van der Waals surface area (Å²) in [7, 11) is -2.52. The van der Waals surface area contributed by atoms with Crippen LogP contribution in [0.4, 0.5) is 0 Å². The first-order valence-electron chi connectivity index (χ1n) is 4.52. The Hall–Kier alpha value is -1.28. The maximum atomic E-state index is 10.4. The van der Waals surface area contributed by atoms with Crippen LogP contribution in [0.1, 0.15) is 5.56 Å². The second-order valence-corrected chi connectivity index (χ2v) is 3.93. The van der Waals surface area contributed by atoms with Crippen molar-refractivity contribution >= 4 is 19.0 Å². The van der Waals surface area contributed by atoms with E-state index in [4.69, 9.17) is 4.89 Å². The van der Waals surface area contributed by atoms with Gasteiger partial charge in [-0.3, -0.25) is 0 Å². The van der Waals surface area contributed by atoms with E-state index in [0.29, 0.717) is 0 Å². The molecule has 1 N–H and O–H groups in total. The van der Waals surface area contributed by atoms with Crippen LogP contribution in [-0.2, 0) is 15.7 Å². The highest BCUT2D eigenvalue weighted by Gasteiger charge is 2.11. The van der Waals surface area contributed by atoms with Gasteiger partial charge in [-0.15, -0.1) is 9.42 Å². The lowest BCUT2D eigenvalue weighted by atomic mass is 10.1. The number of hydrogen-bond donors (Lipinski definition) is 1. The molecule has 0 aromatic heterocycles. The third-order valence-electron chi connectivity index (χ3n) is 2.16. The van der Waals surface area contributed by atoms with E-state index in [2.05, 4.69) is 4.52 Å². The molecule has 0 bridgehead atoms. The summed E-state index contributed by atoms with van der Waals surface area (Å²) in [6, 6.07) is 13.8. The van der Waals surface area contributed by atoms with Gasteiger partial charge in [-0.1, -0.05) is 36.4 Å². The van der Waals surface area contributed by atoms with E-state index in [9.17, 15) is 4.57 Å². The SMILES string of the molecule is O=[P+](O)OCc1ccc2ccccc2c1. The van der Waals surface area contributed by atoms with Crippen LogP contribution < -0.4 is 0 Å². The minimum Gasteiger partial charge on any atom is -0.133 e. The minimum atomic E-state index is -2.52. The Morgan fingerprint density at radius 1 is 1.13 bits per heavy atom. The molecular formula is C11H10O3P+. The van der Waals surface area contributed by atoms with Gasteiger partial charge in [0.1, 0.15) is 6.61 Å². The van der Waals surface area contributed by atoms with Crippen molar-refractivity contribution in [3.8, 4) is 0 Å². The molecule has 1 atom stereocenters. The van der Waals surface area contributed by atoms with Crippen molar-refractivity contribution in [1.29, 1.82) is 0 Å². The lowest BCUT2D eigenvalue weighted by Gasteiger charge is -1.99. The Balaban J connectivity index is 2.26. The summed E-state index contributed by atoms with van der Waals surface area (Å²) in [6.07, 6.45) is 0. The van der Waals surface area contributed by atoms with Gasteiger partial charge in [0.25, 0.3) is 0 Å². The standard InChI is InChI=1S/C11H9O3P/c12-15(13)14-8-9-5-6-10-3-1-2-4-11(10)7-9/h1-7H,8H2/p+1. The van der Waals surface area contributed by atoms with Gasteiger partial charge in [0.05, 0.1) is 0 Å². The fourth-order valence-corrected chi connectivity index (χ4v) is 1.72. The largest absolute Gasteiger partial charge is 0.695 e. The van der Waals surface area contributed by atoms with E-state index >= 15 is 0 Å². The van der Waals surface area contributed by atoms with Gasteiger partial charge in [-0.05, 0) is 22.4 Å². The first kappa shape index (κ1) is 10.2. The van der Waals surface area contributed by atoms with Crippen LogP contribution in [0.15, 0.2) is 42.5 Å². The van der Waals surface area contributed by atoms with Crippen LogP contribution in [-0.4, -0.2) is 4.89 Å². The van der Waals surface area contributed by atoms with Crippen LogP contribution >= 0.6 is 8.25 Å². The summed E-state index contributed by atoms with van der Waals surface area (Å²) in [5, 5.41) is 2.25. The third-order valence-corrected chi connectivity index (χ3v) is 2.51. The molecule has 2 rings (SSSR count). The van der Waals surface area contributed by atoms with Gasteiger partial charge in [0.15, 0.2) is 0 Å². The molecule has 0 saturated heterocycles. The summed E-state index contributed by atoms with van der Waals surface area (Å²) in [5.41, 5.74) is 0.895. The summed E-state index contributed by atoms with van der Waals surface area (Å²) < 4.78 is 15.0. The van der Waals surface area contributed by atoms with E-state index in [1.54, 1.807) is 0 Å². The molecule has 15 heavy (non-hydrogen) atoms. The van der Waals surface area contributed by atoms with E-state index in [-0.39, 0.29) is 6.61 Å². The molecule has 0 aliphatic rings. The Labute approximate surface area is 88.3 Å². The zero-order valence-electron chi connectivity index (χ0n) is 7.96. The van der Waals surface area contributed by atoms with Crippen LogP contribution in [0, 0.1) is 0 Å². The molecule has 0 aliphatic heterocycles. The first-order valence-corrected chi connectivity index (χ1v) is 5.65. The van der Waals surface area contributed by atoms with Gasteiger partial charge < -0.3 is 0 Å². The van der Waals surface area contributed by atoms with Crippen LogP contribution in [0.2, 0.25) is 0 Å². The molecule has 0 amide bonds. The fourth-order valence-electron chi connectivity index (χ4n) is 1.46. The number of rotatable bonds is 3. The molecule has 0 saturated carbocycles. The van der Waals surface area contributed by atoms with Crippen molar-refractivity contribution in [3.63, 3.8) is 0 Å². The minimum absolute atomic E-state index is 0.163. The molecule has 0 aliphatic carbocycles. The predicted octanol–water partition coefficient (Wildman–Crippen LogP) is 3.01. The van der Waals surface area contributed by atoms with Crippen LogP contribution in [0.3, 0.4) is 0 Å². The topological polar surface area (TPSA) is 46.5 Å². The van der Waals surface area contributed by atoms with Gasteiger partial charge in [-0.25, -0.2) is 0 Å². The molecule has 0 radical (unpaired) electrons. The van der Waals surface area contributed by atoms with Gasteiger partial charge in [-0.2, -0.15) is 0 Å². The Kier molecular flexibility index (Phi) is 3.07. The van der Waals surface area contributed by atoms with E-state index in [1.807, 2.05) is 42.5 Å². The second-order valence-electron chi connectivity index (χ2n) is 3.19. The molecule has 76 valence electrons. The monoisotopic (exact) mass is 221 g/mol. The highest BCUT2D eigenvalue weighted by molar-refractivity contribution is 7.32. The van der Waals surface area contributed by atoms with E-state index in [0.717, 1.165) is 16.3 Å². The molecular weight excluding hydrogens is 211 g/mol. The highest BCUT2D eigenvalue weighted by Crippen LogP contribution is 2.20. The maximum absolute atomic E-state index is 10.4. The van der Waals surface area contributed by atoms with Crippen molar-refractivity contribution in [2.45, 2.75) is 6.61 Å². The van der Waals surface area contributed by atoms with Crippen molar-refractivity contribution in [2.24, 2.45) is 0 Å². The van der Waals surface area contributed by atoms with Crippen LogP contribution in [0.25, 0.3) is 10.8 Å². The van der Waals surface area contributed by atoms with Gasteiger partial charge in [0, 0.05) is 4.57 Å². The Bertz CT molecular complexity index is 496. The molecule has 0 fully saturated rings. The molecule has 0 spiro atoms. The smallest absolute Gasteiger partial charge is 0.133 e. The van der Waals surface area contributed by atoms with E-state index in [1.165, 1.54) is 0 Å². The quantitative estimate of drug-likeness (QED) is 0.810. The zero-order chi connectivity index (χ0) is 10.7. The average Bonchev–Trinajstić information content (AvgIpc) is 2.26. The van der Waals surface area contributed by atoms with Crippen molar-refractivity contribution in [3.05, 3.63) is 48.0 Å². The highest BCUT2D eigenvalue weighted by atomic mass is 31.1. The summed E-state index contributed by atoms with van der Waals surface area (Å²) in [6.45, 7) is 0.163. The number of fused-ring (bicyclic) bond motifs is 1. The summed E-state index contributed by atoms with van der Waals surface area (Å²) >= 11 is 0. The van der Waals surface area contributed by atoms with Gasteiger partial charge in [0.2, 0.25) is 0 Å². The first-order chi connectivity index (χ1) is 7.25. The normalized spacial score (nSPS) is 11.7. The summed E-state index contributed by atoms with van der Waals surface area (Å²) in [4.78, 5) is 8.51. The maximum Gasteiger partial charge on any atom is 0.695 e. The number of hydrogen-bond acceptors (Lipinski definition) is 2. The van der Waals surface area contributed by atoms with Crippen molar-refractivity contribution < 1.29 is 14.0 Å². The van der Waals surface area contributed by atoms with E-state index < -0.39 is 8.25 Å². The molecule has 0 heterocycles. The molecule has 1 unspecified atom stereocenters. The summed E-state index contributed by atoms with van der Waals surface area (Å²) in [5.74, 6) is 0. The lowest BCUT2D eigenvalue weighted by molar-refractivity contribution is 0.272. The van der Waals surface area contributed by atoms with Gasteiger partial charge >= 0.3 is 8.25 Å². The Morgan fingerprint density at radius 3 is 2.60 bits per heavy atom. The second kappa shape index (κ2) is 4.49. The zero-order valence-corrected chi connectivity index (χ0v) is 8.85. The molecule has 3 nitrogen and oxygen atoms in total. The molecule has 2 aromatic rings. The Morgan fingerprint density at radius 2 is 1.87 bits per heavy atom. The average molecular weight is 221 g/mol. The van der Waals surface area contributed by atoms with Crippen LogP contribution in [0.5, 0.6) is 0 Å². The molecule has 4 heteroatoms. The lowest BCUT2D eigenvalue weighted by Crippen LogP contribution is -1.85.